The van der Waals surface area contributed by atoms with Crippen LogP contribution in [0.5, 0.6) is 0 Å². The van der Waals surface area contributed by atoms with Gasteiger partial charge in [0.1, 0.15) is 5.69 Å². The van der Waals surface area contributed by atoms with Gasteiger partial charge in [-0.15, -0.1) is 0 Å². The first-order valence-corrected chi connectivity index (χ1v) is 7.83. The largest absolute Gasteiger partial charge is 0.376 e. The number of aromatic nitrogens is 2. The molecular formula is C12H14N4O4S. The quantitative estimate of drug-likeness (QED) is 0.628. The van der Waals surface area contributed by atoms with Crippen molar-refractivity contribution in [1.82, 2.24) is 9.97 Å². The molecule has 21 heavy (non-hydrogen) atoms. The predicted molar refractivity (Wildman–Crippen MR) is 81.0 cm³/mol. The maximum Gasteiger partial charge on any atom is 0.293 e. The minimum absolute atomic E-state index is 0.154. The van der Waals surface area contributed by atoms with Gasteiger partial charge in [0.05, 0.1) is 22.2 Å². The lowest BCUT2D eigenvalue weighted by atomic mass is 10.2. The summed E-state index contributed by atoms with van der Waals surface area (Å²) in [5.41, 5.74) is -0.0349. The molecule has 0 aliphatic rings. The highest BCUT2D eigenvalue weighted by Gasteiger charge is 2.18. The summed E-state index contributed by atoms with van der Waals surface area (Å²) in [6.45, 7) is 1.78. The molecule has 2 atom stereocenters. The number of hydrogen-bond acceptors (Lipinski definition) is 6. The normalized spacial score (nSPS) is 13.8. The molecule has 0 fully saturated rings. The number of H-pyrrole nitrogens is 1. The van der Waals surface area contributed by atoms with Gasteiger partial charge >= 0.3 is 0 Å². The van der Waals surface area contributed by atoms with Crippen molar-refractivity contribution < 1.29 is 9.13 Å². The van der Waals surface area contributed by atoms with Crippen LogP contribution >= 0.6 is 0 Å². The van der Waals surface area contributed by atoms with Crippen molar-refractivity contribution in [3.8, 4) is 0 Å². The monoisotopic (exact) mass is 310 g/mol. The Morgan fingerprint density at radius 2 is 2.24 bits per heavy atom. The van der Waals surface area contributed by atoms with Gasteiger partial charge in [-0.05, 0) is 13.0 Å². The maximum absolute atomic E-state index is 11.7. The van der Waals surface area contributed by atoms with Gasteiger partial charge in [-0.3, -0.25) is 19.1 Å². The molecule has 0 bridgehead atoms. The molecule has 8 nitrogen and oxygen atoms in total. The summed E-state index contributed by atoms with van der Waals surface area (Å²) in [6, 6.07) is 2.44. The van der Waals surface area contributed by atoms with E-state index < -0.39 is 21.3 Å². The Hall–Kier alpha value is -2.29. The predicted octanol–water partition coefficient (Wildman–Crippen LogP) is 1.01. The van der Waals surface area contributed by atoms with E-state index in [4.69, 9.17) is 0 Å². The van der Waals surface area contributed by atoms with Crippen LogP contribution in [-0.4, -0.2) is 37.2 Å². The number of benzene rings is 1. The van der Waals surface area contributed by atoms with E-state index in [9.17, 15) is 19.1 Å². The highest BCUT2D eigenvalue weighted by atomic mass is 32.2. The van der Waals surface area contributed by atoms with E-state index in [1.54, 1.807) is 13.2 Å². The zero-order chi connectivity index (χ0) is 15.6. The molecule has 1 heterocycles. The molecule has 0 amide bonds. The number of nitro groups is 1. The van der Waals surface area contributed by atoms with Crippen molar-refractivity contribution in [3.63, 3.8) is 0 Å². The Balaban J connectivity index is 2.51. The number of nitro benzene ring substituents is 1. The van der Waals surface area contributed by atoms with Crippen LogP contribution in [0.4, 0.5) is 11.4 Å². The van der Waals surface area contributed by atoms with E-state index in [0.29, 0.717) is 11.3 Å². The zero-order valence-electron chi connectivity index (χ0n) is 11.5. The molecule has 1 aromatic heterocycles. The molecular weight excluding hydrogens is 296 g/mol. The van der Waals surface area contributed by atoms with Gasteiger partial charge in [0.2, 0.25) is 0 Å². The van der Waals surface area contributed by atoms with Crippen LogP contribution in [0.15, 0.2) is 23.3 Å². The van der Waals surface area contributed by atoms with Crippen molar-refractivity contribution in [2.24, 2.45) is 0 Å². The van der Waals surface area contributed by atoms with Gasteiger partial charge in [0.25, 0.3) is 11.2 Å². The fourth-order valence-electron chi connectivity index (χ4n) is 2.03. The molecule has 0 saturated carbocycles. The number of nitrogens with one attached hydrogen (secondary N) is 2. The van der Waals surface area contributed by atoms with Gasteiger partial charge < -0.3 is 10.3 Å². The summed E-state index contributed by atoms with van der Waals surface area (Å²) in [5.74, 6) is 0.359. The molecule has 2 unspecified atom stereocenters. The van der Waals surface area contributed by atoms with Crippen molar-refractivity contribution in [1.29, 1.82) is 0 Å². The van der Waals surface area contributed by atoms with Crippen molar-refractivity contribution >= 4 is 33.1 Å². The summed E-state index contributed by atoms with van der Waals surface area (Å²) < 4.78 is 11.2. The van der Waals surface area contributed by atoms with E-state index in [1.807, 2.05) is 0 Å². The fourth-order valence-corrected chi connectivity index (χ4v) is 2.82. The highest BCUT2D eigenvalue weighted by molar-refractivity contribution is 7.84. The molecule has 2 aromatic rings. The second-order valence-corrected chi connectivity index (χ2v) is 6.14. The summed E-state index contributed by atoms with van der Waals surface area (Å²) >= 11 is 0. The van der Waals surface area contributed by atoms with Crippen molar-refractivity contribution in [2.45, 2.75) is 13.0 Å². The molecule has 0 aliphatic carbocycles. The van der Waals surface area contributed by atoms with Crippen LogP contribution in [0.1, 0.15) is 6.92 Å². The standard InChI is InChI=1S/C12H14N4O4S/c1-7(5-21(2)20)15-10-4-9-8(3-11(10)16(18)19)12(17)14-6-13-9/h3-4,6-7,15H,5H2,1-2H3,(H,13,14,17). The maximum atomic E-state index is 11.7. The molecule has 1 aromatic carbocycles. The third kappa shape index (κ3) is 3.43. The number of hydrogen-bond donors (Lipinski definition) is 2. The number of aromatic amines is 1. The minimum Gasteiger partial charge on any atom is -0.376 e. The fraction of sp³-hybridized carbons (Fsp3) is 0.333. The van der Waals surface area contributed by atoms with Gasteiger partial charge in [0, 0.05) is 34.9 Å². The summed E-state index contributed by atoms with van der Waals surface area (Å²) in [6.07, 6.45) is 2.80. The first-order valence-electron chi connectivity index (χ1n) is 6.11. The molecule has 112 valence electrons. The highest BCUT2D eigenvalue weighted by Crippen LogP contribution is 2.28. The Morgan fingerprint density at radius 3 is 2.86 bits per heavy atom. The average molecular weight is 310 g/mol. The molecule has 2 N–H and O–H groups in total. The summed E-state index contributed by atoms with van der Waals surface area (Å²) in [7, 11) is -1.02. The van der Waals surface area contributed by atoms with E-state index in [2.05, 4.69) is 15.3 Å². The van der Waals surface area contributed by atoms with Crippen LogP contribution in [-0.2, 0) is 10.8 Å². The van der Waals surface area contributed by atoms with Gasteiger partial charge in [0.15, 0.2) is 0 Å². The second-order valence-electron chi connectivity index (χ2n) is 4.66. The average Bonchev–Trinajstić information content (AvgIpc) is 2.37. The molecule has 0 saturated heterocycles. The molecule has 2 rings (SSSR count). The lowest BCUT2D eigenvalue weighted by Crippen LogP contribution is -2.23. The Labute approximate surface area is 122 Å². The topological polar surface area (TPSA) is 118 Å². The molecule has 0 radical (unpaired) electrons. The van der Waals surface area contributed by atoms with Crippen LogP contribution in [0, 0.1) is 10.1 Å². The smallest absolute Gasteiger partial charge is 0.293 e. The lowest BCUT2D eigenvalue weighted by molar-refractivity contribution is -0.383. The van der Waals surface area contributed by atoms with Gasteiger partial charge in [-0.25, -0.2) is 4.98 Å². The second kappa shape index (κ2) is 6.00. The third-order valence-electron chi connectivity index (χ3n) is 2.84. The lowest BCUT2D eigenvalue weighted by Gasteiger charge is -2.14. The zero-order valence-corrected chi connectivity index (χ0v) is 12.3. The Morgan fingerprint density at radius 1 is 1.52 bits per heavy atom. The van der Waals surface area contributed by atoms with Crippen molar-refractivity contribution in [2.75, 3.05) is 17.3 Å². The van der Waals surface area contributed by atoms with Crippen LogP contribution in [0.25, 0.3) is 10.9 Å². The van der Waals surface area contributed by atoms with Crippen LogP contribution in [0.2, 0.25) is 0 Å². The third-order valence-corrected chi connectivity index (χ3v) is 3.81. The van der Waals surface area contributed by atoms with Crippen molar-refractivity contribution in [3.05, 3.63) is 38.9 Å². The van der Waals surface area contributed by atoms with Crippen LogP contribution < -0.4 is 10.9 Å². The number of anilines is 1. The summed E-state index contributed by atoms with van der Waals surface area (Å²) in [5, 5.41) is 14.3. The first-order chi connectivity index (χ1) is 9.88. The SMILES string of the molecule is CC(CS(C)=O)Nc1cc2nc[nH]c(=O)c2cc1[N+](=O)[O-]. The number of rotatable bonds is 5. The number of fused-ring (bicyclic) bond motifs is 1. The van der Waals surface area contributed by atoms with E-state index in [1.165, 1.54) is 18.5 Å². The first kappa shape index (κ1) is 15.1. The Kier molecular flexibility index (Phi) is 4.32. The van der Waals surface area contributed by atoms with E-state index >= 15 is 0 Å². The molecule has 0 aliphatic heterocycles. The van der Waals surface area contributed by atoms with Gasteiger partial charge in [-0.2, -0.15) is 0 Å². The number of nitrogens with zero attached hydrogens (tertiary/aromatic N) is 2. The van der Waals surface area contributed by atoms with Crippen LogP contribution in [0.3, 0.4) is 0 Å². The Bertz CT molecular complexity index is 773. The van der Waals surface area contributed by atoms with E-state index in [-0.39, 0.29) is 22.8 Å². The molecule has 9 heteroatoms. The van der Waals surface area contributed by atoms with E-state index in [0.717, 1.165) is 0 Å². The van der Waals surface area contributed by atoms with Gasteiger partial charge in [-0.1, -0.05) is 0 Å². The molecule has 0 spiro atoms. The minimum atomic E-state index is -1.02. The summed E-state index contributed by atoms with van der Waals surface area (Å²) in [4.78, 5) is 28.6.